The zero-order chi connectivity index (χ0) is 18.1. The first-order valence-corrected chi connectivity index (χ1v) is 9.54. The van der Waals surface area contributed by atoms with Gasteiger partial charge in [-0.15, -0.1) is 12.4 Å². The molecule has 1 amide bonds. The van der Waals surface area contributed by atoms with Crippen LogP contribution in [0.15, 0.2) is 41.3 Å². The number of rotatable bonds is 3. The first-order valence-electron chi connectivity index (χ1n) is 8.75. The van der Waals surface area contributed by atoms with Crippen molar-refractivity contribution in [1.29, 1.82) is 0 Å². The molecule has 0 atom stereocenters. The van der Waals surface area contributed by atoms with E-state index in [2.05, 4.69) is 31.2 Å². The van der Waals surface area contributed by atoms with Gasteiger partial charge in [0.05, 0.1) is 17.4 Å². The molecule has 0 aliphatic carbocycles. The first kappa shape index (κ1) is 19.6. The minimum atomic E-state index is 0. The molecule has 3 heterocycles. The van der Waals surface area contributed by atoms with Crippen LogP contribution in [0.5, 0.6) is 0 Å². The fourth-order valence-corrected chi connectivity index (χ4v) is 3.79. The van der Waals surface area contributed by atoms with Crippen LogP contribution in [-0.2, 0) is 7.05 Å². The summed E-state index contributed by atoms with van der Waals surface area (Å²) < 4.78 is 2.87. The summed E-state index contributed by atoms with van der Waals surface area (Å²) in [6.45, 7) is 1.63. The predicted molar refractivity (Wildman–Crippen MR) is 113 cm³/mol. The van der Waals surface area contributed by atoms with E-state index in [1.807, 2.05) is 40.8 Å². The molecule has 4 rings (SSSR count). The monoisotopic (exact) mass is 449 g/mol. The number of pyridine rings is 1. The fourth-order valence-electron chi connectivity index (χ4n) is 3.39. The molecule has 0 radical (unpaired) electrons. The SMILES string of the molecule is Cl.Cn1cnc2c(Nc3cccc(Br)c3)ncc(C(=O)N3CCCCC3)c21. The van der Waals surface area contributed by atoms with Gasteiger partial charge in [-0.25, -0.2) is 9.97 Å². The Kier molecular flexibility index (Phi) is 6.01. The maximum atomic E-state index is 13.0. The Labute approximate surface area is 172 Å². The average molecular weight is 451 g/mol. The quantitative estimate of drug-likeness (QED) is 0.637. The van der Waals surface area contributed by atoms with E-state index in [1.165, 1.54) is 6.42 Å². The van der Waals surface area contributed by atoms with Crippen molar-refractivity contribution in [3.05, 3.63) is 46.8 Å². The summed E-state index contributed by atoms with van der Waals surface area (Å²) in [6, 6.07) is 7.86. The average Bonchev–Trinajstić information content (AvgIpc) is 3.05. The number of nitrogens with one attached hydrogen (secondary N) is 1. The number of likely N-dealkylation sites (tertiary alicyclic amines) is 1. The van der Waals surface area contributed by atoms with E-state index in [0.29, 0.717) is 16.9 Å². The highest BCUT2D eigenvalue weighted by Crippen LogP contribution is 2.28. The second-order valence-corrected chi connectivity index (χ2v) is 7.48. The molecule has 1 saturated heterocycles. The van der Waals surface area contributed by atoms with Crippen LogP contribution in [0.1, 0.15) is 29.6 Å². The summed E-state index contributed by atoms with van der Waals surface area (Å²) in [4.78, 5) is 23.9. The Morgan fingerprint density at radius 2 is 1.96 bits per heavy atom. The molecule has 0 bridgehead atoms. The molecule has 142 valence electrons. The van der Waals surface area contributed by atoms with Gasteiger partial charge in [0.15, 0.2) is 5.82 Å². The van der Waals surface area contributed by atoms with E-state index in [1.54, 1.807) is 12.5 Å². The van der Waals surface area contributed by atoms with Crippen molar-refractivity contribution in [3.8, 4) is 0 Å². The van der Waals surface area contributed by atoms with E-state index in [0.717, 1.165) is 41.6 Å². The van der Waals surface area contributed by atoms with E-state index < -0.39 is 0 Å². The molecule has 1 fully saturated rings. The van der Waals surface area contributed by atoms with Crippen molar-refractivity contribution in [2.24, 2.45) is 7.05 Å². The number of nitrogens with zero attached hydrogens (tertiary/aromatic N) is 4. The van der Waals surface area contributed by atoms with Crippen LogP contribution in [0, 0.1) is 0 Å². The molecule has 1 N–H and O–H groups in total. The van der Waals surface area contributed by atoms with Gasteiger partial charge in [-0.2, -0.15) is 0 Å². The van der Waals surface area contributed by atoms with Crippen molar-refractivity contribution < 1.29 is 4.79 Å². The molecular formula is C19H21BrClN5O. The Morgan fingerprint density at radius 1 is 1.19 bits per heavy atom. The summed E-state index contributed by atoms with van der Waals surface area (Å²) in [7, 11) is 1.91. The molecule has 27 heavy (non-hydrogen) atoms. The van der Waals surface area contributed by atoms with Crippen molar-refractivity contribution in [3.63, 3.8) is 0 Å². The summed E-state index contributed by atoms with van der Waals surface area (Å²) in [5.41, 5.74) is 3.04. The van der Waals surface area contributed by atoms with Gasteiger partial charge in [0.2, 0.25) is 0 Å². The van der Waals surface area contributed by atoms with Gasteiger partial charge < -0.3 is 14.8 Å². The number of fused-ring (bicyclic) bond motifs is 1. The lowest BCUT2D eigenvalue weighted by atomic mass is 10.1. The highest BCUT2D eigenvalue weighted by molar-refractivity contribution is 9.10. The lowest BCUT2D eigenvalue weighted by Gasteiger charge is -2.27. The number of hydrogen-bond donors (Lipinski definition) is 1. The van der Waals surface area contributed by atoms with Crippen LogP contribution < -0.4 is 5.32 Å². The summed E-state index contributed by atoms with van der Waals surface area (Å²) in [5, 5.41) is 3.30. The van der Waals surface area contributed by atoms with Crippen LogP contribution in [0.25, 0.3) is 11.0 Å². The molecule has 0 saturated carbocycles. The third-order valence-corrected chi connectivity index (χ3v) is 5.19. The van der Waals surface area contributed by atoms with Crippen LogP contribution in [0.3, 0.4) is 0 Å². The lowest BCUT2D eigenvalue weighted by Crippen LogP contribution is -2.35. The zero-order valence-corrected chi connectivity index (χ0v) is 17.4. The van der Waals surface area contributed by atoms with Gasteiger partial charge in [0.1, 0.15) is 5.52 Å². The maximum Gasteiger partial charge on any atom is 0.257 e. The second kappa shape index (κ2) is 8.27. The summed E-state index contributed by atoms with van der Waals surface area (Å²) in [5.74, 6) is 0.689. The Bertz CT molecular complexity index is 968. The molecule has 0 spiro atoms. The number of aryl methyl sites for hydroxylation is 1. The number of piperidine rings is 1. The maximum absolute atomic E-state index is 13.0. The summed E-state index contributed by atoms with van der Waals surface area (Å²) in [6.07, 6.45) is 6.72. The topological polar surface area (TPSA) is 63.1 Å². The number of imidazole rings is 1. The zero-order valence-electron chi connectivity index (χ0n) is 15.0. The molecule has 6 nitrogen and oxygen atoms in total. The Balaban J connectivity index is 0.00000210. The highest BCUT2D eigenvalue weighted by Gasteiger charge is 2.23. The molecule has 1 aliphatic heterocycles. The fraction of sp³-hybridized carbons (Fsp3) is 0.316. The lowest BCUT2D eigenvalue weighted by molar-refractivity contribution is 0.0725. The van der Waals surface area contributed by atoms with E-state index in [4.69, 9.17) is 0 Å². The minimum absolute atomic E-state index is 0. The number of anilines is 2. The van der Waals surface area contributed by atoms with E-state index in [9.17, 15) is 4.79 Å². The van der Waals surface area contributed by atoms with E-state index in [-0.39, 0.29) is 18.3 Å². The van der Waals surface area contributed by atoms with Crippen molar-refractivity contribution >= 4 is 56.8 Å². The molecule has 1 aliphatic rings. The minimum Gasteiger partial charge on any atom is -0.339 e. The number of carbonyl (C=O) groups excluding carboxylic acids is 1. The van der Waals surface area contributed by atoms with Crippen molar-refractivity contribution in [2.75, 3.05) is 18.4 Å². The number of aromatic nitrogens is 3. The number of amides is 1. The number of hydrogen-bond acceptors (Lipinski definition) is 4. The standard InChI is InChI=1S/C19H20BrN5O.ClH/c1-24-12-22-16-17(24)15(19(26)25-8-3-2-4-9-25)11-21-18(16)23-14-7-5-6-13(20)10-14;/h5-7,10-12H,2-4,8-9H2,1H3,(H,21,23);1H. The molecule has 1 aromatic carbocycles. The molecule has 8 heteroatoms. The van der Waals surface area contributed by atoms with Crippen LogP contribution in [0.2, 0.25) is 0 Å². The Hall–Kier alpha value is -2.12. The second-order valence-electron chi connectivity index (χ2n) is 6.56. The predicted octanol–water partition coefficient (Wildman–Crippen LogP) is 4.52. The molecule has 3 aromatic rings. The molecule has 0 unspecified atom stereocenters. The van der Waals surface area contributed by atoms with Crippen LogP contribution in [-0.4, -0.2) is 38.4 Å². The van der Waals surface area contributed by atoms with Crippen LogP contribution >= 0.6 is 28.3 Å². The largest absolute Gasteiger partial charge is 0.339 e. The Morgan fingerprint density at radius 3 is 2.70 bits per heavy atom. The number of halogens is 2. The van der Waals surface area contributed by atoms with Gasteiger partial charge in [0, 0.05) is 36.5 Å². The number of benzene rings is 1. The summed E-state index contributed by atoms with van der Waals surface area (Å²) >= 11 is 3.47. The van der Waals surface area contributed by atoms with Crippen LogP contribution in [0.4, 0.5) is 11.5 Å². The van der Waals surface area contributed by atoms with Crippen molar-refractivity contribution in [2.45, 2.75) is 19.3 Å². The van der Waals surface area contributed by atoms with Gasteiger partial charge in [-0.3, -0.25) is 4.79 Å². The van der Waals surface area contributed by atoms with Gasteiger partial charge >= 0.3 is 0 Å². The van der Waals surface area contributed by atoms with Gasteiger partial charge in [-0.1, -0.05) is 22.0 Å². The highest BCUT2D eigenvalue weighted by atomic mass is 79.9. The third kappa shape index (κ3) is 3.94. The normalized spacial score (nSPS) is 14.1. The van der Waals surface area contributed by atoms with Crippen molar-refractivity contribution in [1.82, 2.24) is 19.4 Å². The number of carbonyl (C=O) groups is 1. The van der Waals surface area contributed by atoms with Gasteiger partial charge in [0.25, 0.3) is 5.91 Å². The molecular weight excluding hydrogens is 430 g/mol. The third-order valence-electron chi connectivity index (χ3n) is 4.70. The van der Waals surface area contributed by atoms with Gasteiger partial charge in [-0.05, 0) is 37.5 Å². The van der Waals surface area contributed by atoms with E-state index >= 15 is 0 Å². The first-order chi connectivity index (χ1) is 12.6. The molecule has 2 aromatic heterocycles. The smallest absolute Gasteiger partial charge is 0.257 e.